The molecule has 0 amide bonds. The summed E-state index contributed by atoms with van der Waals surface area (Å²) in [6, 6.07) is 0. The first-order valence-electron chi connectivity index (χ1n) is 3.91. The normalized spacial score (nSPS) is 15.6. The summed E-state index contributed by atoms with van der Waals surface area (Å²) in [5.74, 6) is -13.0. The van der Waals surface area contributed by atoms with Crippen LogP contribution in [0.3, 0.4) is 0 Å². The van der Waals surface area contributed by atoms with Crippen LogP contribution < -0.4 is 0 Å². The molecule has 0 heterocycles. The summed E-state index contributed by atoms with van der Waals surface area (Å²) in [6.07, 6.45) is -8.44. The highest BCUT2D eigenvalue weighted by Gasteiger charge is 2.73. The third kappa shape index (κ3) is 3.46. The topological polar surface area (TPSA) is 26.3 Å². The van der Waals surface area contributed by atoms with Crippen LogP contribution in [0.4, 0.5) is 30.7 Å². The molecular formula is C7H6BrF7O2. The third-order valence-corrected chi connectivity index (χ3v) is 2.41. The minimum absolute atomic E-state index is 0.774. The molecule has 0 radical (unpaired) electrons. The highest BCUT2D eigenvalue weighted by atomic mass is 79.9. The third-order valence-electron chi connectivity index (χ3n) is 1.71. The molecule has 0 aromatic heterocycles. The highest BCUT2D eigenvalue weighted by molar-refractivity contribution is 9.10. The Bertz CT molecular complexity index is 288. The molecule has 0 aromatic rings. The Kier molecular flexibility index (Phi) is 4.83. The van der Waals surface area contributed by atoms with Crippen LogP contribution in [0.2, 0.25) is 0 Å². The summed E-state index contributed by atoms with van der Waals surface area (Å²) < 4.78 is 89.3. The molecule has 0 saturated carbocycles. The van der Waals surface area contributed by atoms with Crippen LogP contribution in [0.25, 0.3) is 0 Å². The van der Waals surface area contributed by atoms with E-state index in [0.29, 0.717) is 0 Å². The number of carbonyl (C=O) groups is 1. The van der Waals surface area contributed by atoms with Gasteiger partial charge in [-0.25, -0.2) is 0 Å². The first-order chi connectivity index (χ1) is 7.37. The van der Waals surface area contributed by atoms with Gasteiger partial charge in [-0.3, -0.25) is 4.79 Å². The van der Waals surface area contributed by atoms with Gasteiger partial charge >= 0.3 is 24.0 Å². The molecule has 0 fully saturated rings. The smallest absolute Gasteiger partial charge is 0.459 e. The lowest BCUT2D eigenvalue weighted by Gasteiger charge is -2.28. The van der Waals surface area contributed by atoms with E-state index in [1.807, 2.05) is 0 Å². The van der Waals surface area contributed by atoms with Crippen LogP contribution in [-0.4, -0.2) is 35.9 Å². The predicted octanol–water partition coefficient (Wildman–Crippen LogP) is 3.15. The number of halogens is 8. The molecule has 1 atom stereocenters. The molecule has 0 rings (SSSR count). The van der Waals surface area contributed by atoms with Crippen LogP contribution >= 0.6 is 15.9 Å². The van der Waals surface area contributed by atoms with E-state index in [4.69, 9.17) is 0 Å². The number of ether oxygens (including phenoxy) is 1. The first-order valence-corrected chi connectivity index (χ1v) is 4.82. The van der Waals surface area contributed by atoms with Crippen molar-refractivity contribution in [1.29, 1.82) is 0 Å². The summed E-state index contributed by atoms with van der Waals surface area (Å²) >= 11 is 2.24. The maximum Gasteiger partial charge on any atom is 0.459 e. The number of esters is 1. The van der Waals surface area contributed by atoms with Crippen molar-refractivity contribution in [3.8, 4) is 0 Å². The van der Waals surface area contributed by atoms with E-state index in [1.54, 1.807) is 0 Å². The van der Waals surface area contributed by atoms with E-state index in [-0.39, 0.29) is 0 Å². The van der Waals surface area contributed by atoms with Crippen LogP contribution in [0, 0.1) is 0 Å². The summed E-state index contributed by atoms with van der Waals surface area (Å²) in [6.45, 7) is 0. The molecule has 0 spiro atoms. The zero-order valence-electron chi connectivity index (χ0n) is 8.12. The molecule has 1 unspecified atom stereocenters. The highest BCUT2D eigenvalue weighted by Crippen LogP contribution is 2.48. The molecule has 102 valence electrons. The van der Waals surface area contributed by atoms with E-state index >= 15 is 0 Å². The fourth-order valence-electron chi connectivity index (χ4n) is 0.772. The maximum atomic E-state index is 12.7. The van der Waals surface area contributed by atoms with Gasteiger partial charge in [0.2, 0.25) is 0 Å². The molecule has 10 heteroatoms. The average Bonchev–Trinajstić information content (AvgIpc) is 2.13. The molecule has 0 saturated heterocycles. The Balaban J connectivity index is 4.97. The quantitative estimate of drug-likeness (QED) is 0.448. The van der Waals surface area contributed by atoms with Crippen molar-refractivity contribution in [2.24, 2.45) is 0 Å². The van der Waals surface area contributed by atoms with Crippen molar-refractivity contribution in [1.82, 2.24) is 0 Å². The van der Waals surface area contributed by atoms with E-state index in [0.717, 1.165) is 7.11 Å². The molecule has 0 N–H and O–H groups in total. The van der Waals surface area contributed by atoms with Crippen LogP contribution in [0.15, 0.2) is 0 Å². The van der Waals surface area contributed by atoms with Gasteiger partial charge in [0, 0.05) is 6.42 Å². The summed E-state index contributed by atoms with van der Waals surface area (Å²) in [5, 5.41) is 0. The van der Waals surface area contributed by atoms with E-state index in [1.165, 1.54) is 0 Å². The Morgan fingerprint density at radius 2 is 1.59 bits per heavy atom. The Labute approximate surface area is 99.2 Å². The monoisotopic (exact) mass is 334 g/mol. The minimum Gasteiger partial charge on any atom is -0.468 e. The van der Waals surface area contributed by atoms with Gasteiger partial charge in [0.15, 0.2) is 0 Å². The standard InChI is InChI=1S/C7H6BrF7O2/c1-17-4(16)3(8)2-5(9,10)6(11,12)7(13,14)15/h3H,2H2,1H3. The maximum absolute atomic E-state index is 12.7. The van der Waals surface area contributed by atoms with Crippen molar-refractivity contribution < 1.29 is 40.3 Å². The number of carbonyl (C=O) groups excluding carboxylic acids is 1. The fraction of sp³-hybridized carbons (Fsp3) is 0.857. The van der Waals surface area contributed by atoms with Gasteiger partial charge < -0.3 is 4.74 Å². The van der Waals surface area contributed by atoms with Gasteiger partial charge in [-0.1, -0.05) is 15.9 Å². The van der Waals surface area contributed by atoms with Crippen molar-refractivity contribution in [3.05, 3.63) is 0 Å². The number of hydrogen-bond acceptors (Lipinski definition) is 2. The molecule has 0 aliphatic carbocycles. The second-order valence-electron chi connectivity index (χ2n) is 2.97. The van der Waals surface area contributed by atoms with Gasteiger partial charge in [0.05, 0.1) is 7.11 Å². The lowest BCUT2D eigenvalue weighted by Crippen LogP contribution is -2.53. The van der Waals surface area contributed by atoms with Gasteiger partial charge in [-0.2, -0.15) is 30.7 Å². The van der Waals surface area contributed by atoms with Crippen LogP contribution in [0.5, 0.6) is 0 Å². The summed E-state index contributed by atoms with van der Waals surface area (Å²) in [7, 11) is 0.774. The van der Waals surface area contributed by atoms with Crippen molar-refractivity contribution in [3.63, 3.8) is 0 Å². The van der Waals surface area contributed by atoms with Crippen molar-refractivity contribution in [2.75, 3.05) is 7.11 Å². The molecule has 2 nitrogen and oxygen atoms in total. The first kappa shape index (κ1) is 16.5. The number of alkyl halides is 8. The van der Waals surface area contributed by atoms with E-state index < -0.39 is 35.2 Å². The van der Waals surface area contributed by atoms with Crippen molar-refractivity contribution in [2.45, 2.75) is 29.3 Å². The molecule has 0 aliphatic heterocycles. The zero-order chi connectivity index (χ0) is 14.1. The van der Waals surface area contributed by atoms with Gasteiger partial charge in [-0.05, 0) is 0 Å². The minimum atomic E-state index is -6.40. The second kappa shape index (κ2) is 4.99. The van der Waals surface area contributed by atoms with E-state index in [9.17, 15) is 35.5 Å². The molecule has 17 heavy (non-hydrogen) atoms. The van der Waals surface area contributed by atoms with Crippen LogP contribution in [0.1, 0.15) is 6.42 Å². The number of hydrogen-bond donors (Lipinski definition) is 0. The second-order valence-corrected chi connectivity index (χ2v) is 4.08. The van der Waals surface area contributed by atoms with Gasteiger partial charge in [0.1, 0.15) is 4.83 Å². The van der Waals surface area contributed by atoms with Crippen LogP contribution in [-0.2, 0) is 9.53 Å². The molecule has 0 aliphatic rings. The van der Waals surface area contributed by atoms with Gasteiger partial charge in [0.25, 0.3) is 0 Å². The zero-order valence-corrected chi connectivity index (χ0v) is 9.71. The average molecular weight is 335 g/mol. The lowest BCUT2D eigenvalue weighted by molar-refractivity contribution is -0.355. The Hall–Kier alpha value is -0.540. The largest absolute Gasteiger partial charge is 0.468 e. The predicted molar refractivity (Wildman–Crippen MR) is 45.3 cm³/mol. The van der Waals surface area contributed by atoms with Gasteiger partial charge in [-0.15, -0.1) is 0 Å². The fourth-order valence-corrected chi connectivity index (χ4v) is 1.37. The number of rotatable bonds is 4. The van der Waals surface area contributed by atoms with Crippen molar-refractivity contribution >= 4 is 21.9 Å². The Morgan fingerprint density at radius 1 is 1.18 bits per heavy atom. The number of methoxy groups -OCH3 is 1. The summed E-state index contributed by atoms with van der Waals surface area (Å²) in [4.78, 5) is 8.68. The lowest BCUT2D eigenvalue weighted by atomic mass is 10.1. The molecule has 0 aromatic carbocycles. The molecular weight excluding hydrogens is 329 g/mol. The SMILES string of the molecule is COC(=O)C(Br)CC(F)(F)C(F)(F)C(F)(F)F. The summed E-state index contributed by atoms with van der Waals surface area (Å²) in [5.41, 5.74) is 0. The molecule has 0 bridgehead atoms. The Morgan fingerprint density at radius 3 is 1.88 bits per heavy atom. The van der Waals surface area contributed by atoms with E-state index in [2.05, 4.69) is 20.7 Å².